The Labute approximate surface area is 113 Å². The first-order valence-corrected chi connectivity index (χ1v) is 7.66. The van der Waals surface area contributed by atoms with Crippen molar-refractivity contribution in [2.45, 2.75) is 58.6 Å². The number of hydrogen-bond donors (Lipinski definition) is 1. The third kappa shape index (κ3) is 5.25. The highest BCUT2D eigenvalue weighted by molar-refractivity contribution is 4.82. The van der Waals surface area contributed by atoms with Crippen molar-refractivity contribution in [2.24, 2.45) is 5.92 Å². The Morgan fingerprint density at radius 1 is 1.39 bits per heavy atom. The van der Waals surface area contributed by atoms with Gasteiger partial charge in [0.15, 0.2) is 0 Å². The lowest BCUT2D eigenvalue weighted by atomic mass is 9.95. The summed E-state index contributed by atoms with van der Waals surface area (Å²) in [5, 5.41) is 3.58. The van der Waals surface area contributed by atoms with Crippen LogP contribution >= 0.6 is 0 Å². The third-order valence-electron chi connectivity index (χ3n) is 4.24. The van der Waals surface area contributed by atoms with Crippen LogP contribution in [-0.2, 0) is 4.74 Å². The standard InChI is InChI=1S/C15H32N2O/c1-5-6-7-9-16-11-14(3)17-10-8-13(2)15(12-17)18-4/h13-16H,5-12H2,1-4H3. The zero-order chi connectivity index (χ0) is 13.4. The minimum Gasteiger partial charge on any atom is -0.380 e. The molecule has 1 N–H and O–H groups in total. The van der Waals surface area contributed by atoms with Gasteiger partial charge in [0, 0.05) is 26.2 Å². The number of nitrogens with zero attached hydrogens (tertiary/aromatic N) is 1. The van der Waals surface area contributed by atoms with Crippen molar-refractivity contribution >= 4 is 0 Å². The predicted molar refractivity (Wildman–Crippen MR) is 78.0 cm³/mol. The molecule has 1 aliphatic heterocycles. The molecule has 0 saturated carbocycles. The van der Waals surface area contributed by atoms with Crippen molar-refractivity contribution in [2.75, 3.05) is 33.3 Å². The molecular formula is C15H32N2O. The maximum Gasteiger partial charge on any atom is 0.0724 e. The molecule has 18 heavy (non-hydrogen) atoms. The molecule has 108 valence electrons. The van der Waals surface area contributed by atoms with Gasteiger partial charge in [-0.05, 0) is 38.8 Å². The Morgan fingerprint density at radius 2 is 2.17 bits per heavy atom. The van der Waals surface area contributed by atoms with Gasteiger partial charge >= 0.3 is 0 Å². The van der Waals surface area contributed by atoms with E-state index in [4.69, 9.17) is 4.74 Å². The molecule has 1 fully saturated rings. The second-order valence-electron chi connectivity index (χ2n) is 5.80. The van der Waals surface area contributed by atoms with Crippen LogP contribution in [0.5, 0.6) is 0 Å². The van der Waals surface area contributed by atoms with Crippen molar-refractivity contribution in [1.82, 2.24) is 10.2 Å². The molecule has 1 rings (SSSR count). The van der Waals surface area contributed by atoms with E-state index in [1.165, 1.54) is 32.2 Å². The molecule has 1 heterocycles. The number of nitrogens with one attached hydrogen (secondary N) is 1. The molecule has 0 aromatic carbocycles. The third-order valence-corrected chi connectivity index (χ3v) is 4.24. The number of hydrogen-bond acceptors (Lipinski definition) is 3. The summed E-state index contributed by atoms with van der Waals surface area (Å²) in [5.41, 5.74) is 0. The minimum atomic E-state index is 0.418. The van der Waals surface area contributed by atoms with Crippen molar-refractivity contribution in [3.8, 4) is 0 Å². The second kappa shape index (κ2) is 8.89. The number of unbranched alkanes of at least 4 members (excludes halogenated alkanes) is 2. The van der Waals surface area contributed by atoms with E-state index in [0.29, 0.717) is 18.1 Å². The maximum absolute atomic E-state index is 5.58. The first kappa shape index (κ1) is 15.9. The molecule has 3 nitrogen and oxygen atoms in total. The highest BCUT2D eigenvalue weighted by atomic mass is 16.5. The Balaban J connectivity index is 2.18. The van der Waals surface area contributed by atoms with Crippen molar-refractivity contribution in [3.05, 3.63) is 0 Å². The van der Waals surface area contributed by atoms with Gasteiger partial charge in [-0.15, -0.1) is 0 Å². The summed E-state index contributed by atoms with van der Waals surface area (Å²) in [6.07, 6.45) is 5.63. The highest BCUT2D eigenvalue weighted by Crippen LogP contribution is 2.20. The second-order valence-corrected chi connectivity index (χ2v) is 5.80. The summed E-state index contributed by atoms with van der Waals surface area (Å²) in [6, 6.07) is 0.622. The van der Waals surface area contributed by atoms with Gasteiger partial charge < -0.3 is 10.1 Å². The van der Waals surface area contributed by atoms with E-state index < -0.39 is 0 Å². The predicted octanol–water partition coefficient (Wildman–Crippen LogP) is 2.51. The van der Waals surface area contributed by atoms with Crippen LogP contribution in [0.3, 0.4) is 0 Å². The lowest BCUT2D eigenvalue weighted by Crippen LogP contribution is -2.50. The number of likely N-dealkylation sites (tertiary alicyclic amines) is 1. The number of piperidine rings is 1. The Bertz CT molecular complexity index is 211. The van der Waals surface area contributed by atoms with Gasteiger partial charge in [-0.1, -0.05) is 26.7 Å². The fourth-order valence-electron chi connectivity index (χ4n) is 2.70. The molecule has 1 saturated heterocycles. The van der Waals surface area contributed by atoms with Gasteiger partial charge in [0.05, 0.1) is 6.10 Å². The van der Waals surface area contributed by atoms with Crippen LogP contribution in [0.25, 0.3) is 0 Å². The van der Waals surface area contributed by atoms with Crippen LogP contribution in [0.4, 0.5) is 0 Å². The Morgan fingerprint density at radius 3 is 2.83 bits per heavy atom. The van der Waals surface area contributed by atoms with Crippen LogP contribution in [0.2, 0.25) is 0 Å². The van der Waals surface area contributed by atoms with E-state index in [2.05, 4.69) is 31.0 Å². The molecule has 0 radical (unpaired) electrons. The summed E-state index contributed by atoms with van der Waals surface area (Å²) < 4.78 is 5.58. The molecule has 0 aromatic heterocycles. The first-order valence-electron chi connectivity index (χ1n) is 7.66. The smallest absolute Gasteiger partial charge is 0.0724 e. The van der Waals surface area contributed by atoms with Crippen molar-refractivity contribution < 1.29 is 4.74 Å². The van der Waals surface area contributed by atoms with E-state index in [9.17, 15) is 0 Å². The number of methoxy groups -OCH3 is 1. The van der Waals surface area contributed by atoms with Gasteiger partial charge in [0.1, 0.15) is 0 Å². The van der Waals surface area contributed by atoms with Crippen LogP contribution in [0.1, 0.15) is 46.5 Å². The van der Waals surface area contributed by atoms with E-state index in [1.54, 1.807) is 0 Å². The van der Waals surface area contributed by atoms with E-state index in [1.807, 2.05) is 7.11 Å². The number of ether oxygens (including phenoxy) is 1. The molecule has 3 heteroatoms. The van der Waals surface area contributed by atoms with E-state index >= 15 is 0 Å². The van der Waals surface area contributed by atoms with Crippen molar-refractivity contribution in [3.63, 3.8) is 0 Å². The summed E-state index contributed by atoms with van der Waals surface area (Å²) in [6.45, 7) is 11.5. The normalized spacial score (nSPS) is 27.3. The summed E-state index contributed by atoms with van der Waals surface area (Å²) in [4.78, 5) is 2.57. The molecule has 3 atom stereocenters. The number of rotatable bonds is 8. The lowest BCUT2D eigenvalue weighted by Gasteiger charge is -2.39. The van der Waals surface area contributed by atoms with E-state index in [-0.39, 0.29) is 0 Å². The Hall–Kier alpha value is -0.120. The Kier molecular flexibility index (Phi) is 7.87. The molecule has 1 aliphatic rings. The largest absolute Gasteiger partial charge is 0.380 e. The summed E-state index contributed by atoms with van der Waals surface area (Å²) >= 11 is 0. The van der Waals surface area contributed by atoms with Gasteiger partial charge in [0.25, 0.3) is 0 Å². The molecule has 0 aliphatic carbocycles. The molecule has 3 unspecified atom stereocenters. The summed E-state index contributed by atoms with van der Waals surface area (Å²) in [7, 11) is 1.85. The zero-order valence-corrected chi connectivity index (χ0v) is 12.7. The molecule has 0 amide bonds. The van der Waals surface area contributed by atoms with Crippen LogP contribution < -0.4 is 5.32 Å². The average Bonchev–Trinajstić information content (AvgIpc) is 2.38. The minimum absolute atomic E-state index is 0.418. The van der Waals surface area contributed by atoms with E-state index in [0.717, 1.165) is 19.6 Å². The van der Waals surface area contributed by atoms with Crippen LogP contribution in [0, 0.1) is 5.92 Å². The fourth-order valence-corrected chi connectivity index (χ4v) is 2.70. The zero-order valence-electron chi connectivity index (χ0n) is 12.7. The highest BCUT2D eigenvalue weighted by Gasteiger charge is 2.28. The van der Waals surface area contributed by atoms with Crippen LogP contribution in [-0.4, -0.2) is 50.3 Å². The maximum atomic E-state index is 5.58. The monoisotopic (exact) mass is 256 g/mol. The van der Waals surface area contributed by atoms with Crippen LogP contribution in [0.15, 0.2) is 0 Å². The quantitative estimate of drug-likeness (QED) is 0.675. The SMILES string of the molecule is CCCCCNCC(C)N1CCC(C)C(OC)C1. The average molecular weight is 256 g/mol. The topological polar surface area (TPSA) is 24.5 Å². The van der Waals surface area contributed by atoms with Gasteiger partial charge in [-0.25, -0.2) is 0 Å². The fraction of sp³-hybridized carbons (Fsp3) is 1.00. The summed E-state index contributed by atoms with van der Waals surface area (Å²) in [5.74, 6) is 0.705. The molecule has 0 aromatic rings. The van der Waals surface area contributed by atoms with Gasteiger partial charge in [-0.3, -0.25) is 4.90 Å². The van der Waals surface area contributed by atoms with Crippen molar-refractivity contribution in [1.29, 1.82) is 0 Å². The molecule has 0 spiro atoms. The molecule has 0 bridgehead atoms. The lowest BCUT2D eigenvalue weighted by molar-refractivity contribution is -0.0164. The molecular weight excluding hydrogens is 224 g/mol. The van der Waals surface area contributed by atoms with Gasteiger partial charge in [-0.2, -0.15) is 0 Å². The van der Waals surface area contributed by atoms with Gasteiger partial charge in [0.2, 0.25) is 0 Å². The first-order chi connectivity index (χ1) is 8.69.